The van der Waals surface area contributed by atoms with Gasteiger partial charge in [0.15, 0.2) is 11.5 Å². The number of ether oxygens (including phenoxy) is 2. The number of methoxy groups -OCH3 is 2. The number of nitrogens with zero attached hydrogens (tertiary/aromatic N) is 2. The first kappa shape index (κ1) is 20.9. The van der Waals surface area contributed by atoms with Gasteiger partial charge in [-0.1, -0.05) is 36.4 Å². The molecule has 4 rings (SSSR count). The Hall–Kier alpha value is -3.31. The molecule has 0 bridgehead atoms. The summed E-state index contributed by atoms with van der Waals surface area (Å²) in [6, 6.07) is 23.8. The van der Waals surface area contributed by atoms with Crippen LogP contribution in [-0.2, 0) is 11.2 Å². The van der Waals surface area contributed by atoms with Crippen LogP contribution < -0.4 is 14.4 Å². The maximum absolute atomic E-state index is 13.5. The number of para-hydroxylation sites is 2. The normalized spacial score (nSPS) is 15.8. The first-order chi connectivity index (χ1) is 15.1. The smallest absolute Gasteiger partial charge is 0.245 e. The number of carbonyl (C=O) groups excluding carboxylic acids is 1. The van der Waals surface area contributed by atoms with Gasteiger partial charge in [-0.25, -0.2) is 0 Å². The summed E-state index contributed by atoms with van der Waals surface area (Å²) in [4.78, 5) is 17.6. The fourth-order valence-corrected chi connectivity index (χ4v) is 4.25. The molecule has 1 atom stereocenters. The lowest BCUT2D eigenvalue weighted by Gasteiger charge is -2.36. The van der Waals surface area contributed by atoms with Crippen molar-refractivity contribution < 1.29 is 14.3 Å². The van der Waals surface area contributed by atoms with Gasteiger partial charge in [0.1, 0.15) is 0 Å². The van der Waals surface area contributed by atoms with E-state index in [1.807, 2.05) is 66.7 Å². The number of benzene rings is 3. The van der Waals surface area contributed by atoms with Crippen LogP contribution in [0, 0.1) is 0 Å². The van der Waals surface area contributed by atoms with E-state index in [0.717, 1.165) is 35.8 Å². The summed E-state index contributed by atoms with van der Waals surface area (Å²) in [6.45, 7) is 3.29. The number of rotatable bonds is 6. The van der Waals surface area contributed by atoms with E-state index in [1.165, 1.54) is 11.1 Å². The topological polar surface area (TPSA) is 42.0 Å². The van der Waals surface area contributed by atoms with Gasteiger partial charge >= 0.3 is 0 Å². The Labute approximate surface area is 183 Å². The van der Waals surface area contributed by atoms with Gasteiger partial charge in [-0.05, 0) is 60.9 Å². The molecule has 3 aromatic rings. The van der Waals surface area contributed by atoms with Crippen molar-refractivity contribution in [3.05, 3.63) is 83.9 Å². The molecule has 0 aliphatic carbocycles. The monoisotopic (exact) mass is 416 g/mol. The predicted octanol–water partition coefficient (Wildman–Crippen LogP) is 4.99. The summed E-state index contributed by atoms with van der Waals surface area (Å²) in [5.74, 6) is 1.52. The summed E-state index contributed by atoms with van der Waals surface area (Å²) in [6.07, 6.45) is 0.865. The van der Waals surface area contributed by atoms with E-state index in [0.29, 0.717) is 6.54 Å². The Bertz CT molecular complexity index is 998. The van der Waals surface area contributed by atoms with Crippen LogP contribution in [0.2, 0.25) is 0 Å². The molecular weight excluding hydrogens is 388 g/mol. The Kier molecular flexibility index (Phi) is 6.23. The number of carbonyl (C=O) groups is 1. The highest BCUT2D eigenvalue weighted by atomic mass is 16.5. The third-order valence-corrected chi connectivity index (χ3v) is 5.93. The van der Waals surface area contributed by atoms with Crippen LogP contribution in [0.4, 0.5) is 11.4 Å². The molecule has 1 unspecified atom stereocenters. The molecule has 0 saturated carbocycles. The van der Waals surface area contributed by atoms with Crippen LogP contribution in [0.1, 0.15) is 24.1 Å². The third-order valence-electron chi connectivity index (χ3n) is 5.93. The molecule has 5 heteroatoms. The number of fused-ring (bicyclic) bond motifs is 1. The molecule has 1 aliphatic heterocycles. The second-order valence-electron chi connectivity index (χ2n) is 7.70. The molecule has 31 heavy (non-hydrogen) atoms. The van der Waals surface area contributed by atoms with E-state index in [-0.39, 0.29) is 11.9 Å². The molecule has 1 aliphatic rings. The minimum Gasteiger partial charge on any atom is -0.493 e. The summed E-state index contributed by atoms with van der Waals surface area (Å²) in [5.41, 5.74) is 4.17. The molecule has 3 aromatic carbocycles. The molecule has 1 amide bonds. The highest BCUT2D eigenvalue weighted by Gasteiger charge is 2.29. The summed E-state index contributed by atoms with van der Waals surface area (Å²) in [7, 11) is 3.31. The van der Waals surface area contributed by atoms with Gasteiger partial charge in [0.2, 0.25) is 5.91 Å². The first-order valence-electron chi connectivity index (χ1n) is 10.5. The van der Waals surface area contributed by atoms with E-state index in [9.17, 15) is 4.79 Å². The van der Waals surface area contributed by atoms with E-state index in [2.05, 4.69) is 17.9 Å². The van der Waals surface area contributed by atoms with Gasteiger partial charge in [-0.2, -0.15) is 0 Å². The van der Waals surface area contributed by atoms with Crippen molar-refractivity contribution in [2.75, 3.05) is 32.2 Å². The minimum atomic E-state index is 0.0492. The van der Waals surface area contributed by atoms with Crippen LogP contribution in [0.25, 0.3) is 0 Å². The van der Waals surface area contributed by atoms with Crippen molar-refractivity contribution in [2.45, 2.75) is 19.4 Å². The highest BCUT2D eigenvalue weighted by Crippen LogP contribution is 2.38. The van der Waals surface area contributed by atoms with Crippen LogP contribution in [-0.4, -0.2) is 38.1 Å². The molecule has 5 nitrogen and oxygen atoms in total. The Morgan fingerprint density at radius 3 is 2.03 bits per heavy atom. The van der Waals surface area contributed by atoms with Crippen LogP contribution >= 0.6 is 0 Å². The molecule has 0 fully saturated rings. The van der Waals surface area contributed by atoms with E-state index in [1.54, 1.807) is 19.1 Å². The second-order valence-corrected chi connectivity index (χ2v) is 7.70. The standard InChI is InChI=1S/C26H28N2O3/c1-19-23-17-25(31-3)24(30-2)16-20(23)14-15-27(19)18-26(29)28(21-10-6-4-7-11-21)22-12-8-5-9-13-22/h4-13,16-17,19H,14-15,18H2,1-3H3. The fraction of sp³-hybridized carbons (Fsp3) is 0.269. The van der Waals surface area contributed by atoms with Crippen molar-refractivity contribution in [1.29, 1.82) is 0 Å². The SMILES string of the molecule is COc1cc2c(cc1OC)C(C)N(CC(=O)N(c1ccccc1)c1ccccc1)CC2. The minimum absolute atomic E-state index is 0.0492. The average Bonchev–Trinajstić information content (AvgIpc) is 2.81. The molecular formula is C26H28N2O3. The second kappa shape index (κ2) is 9.23. The number of anilines is 2. The molecule has 160 valence electrons. The summed E-state index contributed by atoms with van der Waals surface area (Å²) < 4.78 is 11.0. The Morgan fingerprint density at radius 2 is 1.48 bits per heavy atom. The lowest BCUT2D eigenvalue weighted by atomic mass is 9.92. The highest BCUT2D eigenvalue weighted by molar-refractivity contribution is 6.01. The molecule has 0 N–H and O–H groups in total. The van der Waals surface area contributed by atoms with Gasteiger partial charge < -0.3 is 9.47 Å². The van der Waals surface area contributed by atoms with Crippen molar-refractivity contribution in [1.82, 2.24) is 4.90 Å². The van der Waals surface area contributed by atoms with Crippen LogP contribution in [0.5, 0.6) is 11.5 Å². The fourth-order valence-electron chi connectivity index (χ4n) is 4.25. The molecule has 0 aromatic heterocycles. The van der Waals surface area contributed by atoms with Crippen molar-refractivity contribution >= 4 is 17.3 Å². The van der Waals surface area contributed by atoms with Gasteiger partial charge in [0, 0.05) is 24.0 Å². The first-order valence-corrected chi connectivity index (χ1v) is 10.5. The number of amides is 1. The number of hydrogen-bond acceptors (Lipinski definition) is 4. The lowest BCUT2D eigenvalue weighted by molar-refractivity contribution is -0.119. The van der Waals surface area contributed by atoms with Gasteiger partial charge in [0.25, 0.3) is 0 Å². The maximum atomic E-state index is 13.5. The van der Waals surface area contributed by atoms with E-state index < -0.39 is 0 Å². The summed E-state index contributed by atoms with van der Waals surface area (Å²) in [5, 5.41) is 0. The molecule has 1 heterocycles. The van der Waals surface area contributed by atoms with Gasteiger partial charge in [-0.3, -0.25) is 14.6 Å². The predicted molar refractivity (Wildman–Crippen MR) is 123 cm³/mol. The Balaban J connectivity index is 1.60. The average molecular weight is 417 g/mol. The molecule has 0 radical (unpaired) electrons. The van der Waals surface area contributed by atoms with Gasteiger partial charge in [0.05, 0.1) is 20.8 Å². The largest absolute Gasteiger partial charge is 0.493 e. The molecule has 0 saturated heterocycles. The lowest BCUT2D eigenvalue weighted by Crippen LogP contribution is -2.42. The summed E-state index contributed by atoms with van der Waals surface area (Å²) >= 11 is 0. The van der Waals surface area contributed by atoms with E-state index >= 15 is 0 Å². The third kappa shape index (κ3) is 4.28. The van der Waals surface area contributed by atoms with E-state index in [4.69, 9.17) is 9.47 Å². The molecule has 0 spiro atoms. The van der Waals surface area contributed by atoms with Crippen molar-refractivity contribution in [2.24, 2.45) is 0 Å². The van der Waals surface area contributed by atoms with Crippen LogP contribution in [0.3, 0.4) is 0 Å². The zero-order valence-corrected chi connectivity index (χ0v) is 18.2. The maximum Gasteiger partial charge on any atom is 0.245 e. The zero-order valence-electron chi connectivity index (χ0n) is 18.2. The van der Waals surface area contributed by atoms with Crippen molar-refractivity contribution in [3.8, 4) is 11.5 Å². The van der Waals surface area contributed by atoms with Crippen LogP contribution in [0.15, 0.2) is 72.8 Å². The van der Waals surface area contributed by atoms with Crippen molar-refractivity contribution in [3.63, 3.8) is 0 Å². The van der Waals surface area contributed by atoms with Gasteiger partial charge in [-0.15, -0.1) is 0 Å². The zero-order chi connectivity index (χ0) is 21.8. The number of hydrogen-bond donors (Lipinski definition) is 0. The Morgan fingerprint density at radius 1 is 0.935 bits per heavy atom. The quantitative estimate of drug-likeness (QED) is 0.568.